The van der Waals surface area contributed by atoms with Crippen LogP contribution >= 0.6 is 0 Å². The minimum absolute atomic E-state index is 1.24. The van der Waals surface area contributed by atoms with E-state index in [9.17, 15) is 0 Å². The third-order valence-electron chi connectivity index (χ3n) is 5.03. The van der Waals surface area contributed by atoms with Crippen molar-refractivity contribution < 1.29 is 0 Å². The highest BCUT2D eigenvalue weighted by Gasteiger charge is 2.18. The van der Waals surface area contributed by atoms with Gasteiger partial charge in [-0.05, 0) is 33.7 Å². The molecule has 0 unspecified atom stereocenters. The van der Waals surface area contributed by atoms with Crippen LogP contribution in [0.1, 0.15) is 0 Å². The quantitative estimate of drug-likeness (QED) is 0.465. The molecule has 130 valence electrons. The molecule has 4 aromatic rings. The van der Waals surface area contributed by atoms with Gasteiger partial charge in [-0.25, -0.2) is 0 Å². The largest absolute Gasteiger partial charge is 0.377 e. The van der Waals surface area contributed by atoms with Gasteiger partial charge in [0.25, 0.3) is 0 Å². The highest BCUT2D eigenvalue weighted by Crippen LogP contribution is 2.44. The van der Waals surface area contributed by atoms with Crippen molar-refractivity contribution >= 4 is 32.9 Å². The maximum atomic E-state index is 2.24. The first-order valence-electron chi connectivity index (χ1n) is 8.96. The molecule has 0 atom stereocenters. The van der Waals surface area contributed by atoms with E-state index >= 15 is 0 Å². The second kappa shape index (κ2) is 6.38. The summed E-state index contributed by atoms with van der Waals surface area (Å²) in [5.74, 6) is 0. The SMILES string of the molecule is CN(C)c1ccc2ccccc2c1-c1c(N(C)C)ccc2ccccc12. The van der Waals surface area contributed by atoms with Crippen molar-refractivity contribution in [3.63, 3.8) is 0 Å². The molecule has 2 heteroatoms. The molecule has 0 amide bonds. The minimum atomic E-state index is 1.24. The molecular weight excluding hydrogens is 316 g/mol. The van der Waals surface area contributed by atoms with Crippen LogP contribution in [0, 0.1) is 0 Å². The van der Waals surface area contributed by atoms with Crippen molar-refractivity contribution in [3.8, 4) is 11.1 Å². The fourth-order valence-electron chi connectivity index (χ4n) is 3.79. The van der Waals surface area contributed by atoms with Gasteiger partial charge in [-0.15, -0.1) is 0 Å². The minimum Gasteiger partial charge on any atom is -0.377 e. The lowest BCUT2D eigenvalue weighted by atomic mass is 9.90. The summed E-state index contributed by atoms with van der Waals surface area (Å²) in [6.45, 7) is 0. The van der Waals surface area contributed by atoms with Crippen LogP contribution in [-0.4, -0.2) is 28.2 Å². The Bertz CT molecular complexity index is 1000. The molecule has 0 aliphatic heterocycles. The van der Waals surface area contributed by atoms with E-state index in [1.807, 2.05) is 0 Å². The summed E-state index contributed by atoms with van der Waals surface area (Å²) in [4.78, 5) is 4.42. The van der Waals surface area contributed by atoms with E-state index in [1.165, 1.54) is 44.0 Å². The summed E-state index contributed by atoms with van der Waals surface area (Å²) in [6, 6.07) is 26.2. The van der Waals surface area contributed by atoms with E-state index in [0.717, 1.165) is 0 Å². The number of benzene rings is 4. The van der Waals surface area contributed by atoms with Gasteiger partial charge in [-0.1, -0.05) is 60.7 Å². The van der Waals surface area contributed by atoms with Crippen molar-refractivity contribution in [1.82, 2.24) is 0 Å². The molecule has 4 aromatic carbocycles. The average molecular weight is 340 g/mol. The molecule has 0 aliphatic carbocycles. The molecule has 4 rings (SSSR count). The van der Waals surface area contributed by atoms with Crippen molar-refractivity contribution in [2.45, 2.75) is 0 Å². The molecule has 0 aromatic heterocycles. The van der Waals surface area contributed by atoms with Crippen molar-refractivity contribution in [3.05, 3.63) is 72.8 Å². The van der Waals surface area contributed by atoms with Gasteiger partial charge >= 0.3 is 0 Å². The van der Waals surface area contributed by atoms with Crippen LogP contribution < -0.4 is 9.80 Å². The molecule has 0 heterocycles. The summed E-state index contributed by atoms with van der Waals surface area (Å²) >= 11 is 0. The van der Waals surface area contributed by atoms with Gasteiger partial charge in [-0.2, -0.15) is 0 Å². The normalized spacial score (nSPS) is 11.1. The number of nitrogens with zero attached hydrogens (tertiary/aromatic N) is 2. The van der Waals surface area contributed by atoms with Crippen LogP contribution in [0.4, 0.5) is 11.4 Å². The summed E-state index contributed by atoms with van der Waals surface area (Å²) < 4.78 is 0. The zero-order valence-corrected chi connectivity index (χ0v) is 15.8. The van der Waals surface area contributed by atoms with E-state index in [1.54, 1.807) is 0 Å². The smallest absolute Gasteiger partial charge is 0.0448 e. The number of anilines is 2. The van der Waals surface area contributed by atoms with Gasteiger partial charge in [0.15, 0.2) is 0 Å². The first-order chi connectivity index (χ1) is 12.6. The number of hydrogen-bond donors (Lipinski definition) is 0. The number of rotatable bonds is 3. The van der Waals surface area contributed by atoms with Crippen LogP contribution in [0.15, 0.2) is 72.8 Å². The van der Waals surface area contributed by atoms with Gasteiger partial charge in [0.1, 0.15) is 0 Å². The van der Waals surface area contributed by atoms with Gasteiger partial charge in [0.2, 0.25) is 0 Å². The summed E-state index contributed by atoms with van der Waals surface area (Å²) in [5.41, 5.74) is 5.08. The zero-order valence-electron chi connectivity index (χ0n) is 15.8. The average Bonchev–Trinajstić information content (AvgIpc) is 2.66. The Morgan fingerprint density at radius 2 is 0.846 bits per heavy atom. The number of hydrogen-bond acceptors (Lipinski definition) is 2. The highest BCUT2D eigenvalue weighted by atomic mass is 15.1. The Morgan fingerprint density at radius 1 is 0.462 bits per heavy atom. The van der Waals surface area contributed by atoms with Crippen molar-refractivity contribution in [2.75, 3.05) is 38.0 Å². The van der Waals surface area contributed by atoms with Gasteiger partial charge in [0, 0.05) is 50.7 Å². The van der Waals surface area contributed by atoms with Crippen LogP contribution in [-0.2, 0) is 0 Å². The number of fused-ring (bicyclic) bond motifs is 2. The predicted molar refractivity (Wildman–Crippen MR) is 116 cm³/mol. The molecular formula is C24H24N2. The zero-order chi connectivity index (χ0) is 18.3. The van der Waals surface area contributed by atoms with Crippen LogP contribution in [0.5, 0.6) is 0 Å². The van der Waals surface area contributed by atoms with Crippen LogP contribution in [0.3, 0.4) is 0 Å². The van der Waals surface area contributed by atoms with Gasteiger partial charge in [-0.3, -0.25) is 0 Å². The monoisotopic (exact) mass is 340 g/mol. The molecule has 0 saturated carbocycles. The Kier molecular flexibility index (Phi) is 4.04. The Hall–Kier alpha value is -3.00. The molecule has 0 bridgehead atoms. The lowest BCUT2D eigenvalue weighted by molar-refractivity contribution is 1.12. The van der Waals surface area contributed by atoms with E-state index in [2.05, 4.69) is 111 Å². The molecule has 0 radical (unpaired) electrons. The molecule has 0 fully saturated rings. The first-order valence-corrected chi connectivity index (χ1v) is 8.96. The molecule has 2 nitrogen and oxygen atoms in total. The first kappa shape index (κ1) is 16.5. The van der Waals surface area contributed by atoms with Gasteiger partial charge in [0.05, 0.1) is 0 Å². The fraction of sp³-hybridized carbons (Fsp3) is 0.167. The van der Waals surface area contributed by atoms with E-state index in [4.69, 9.17) is 0 Å². The molecule has 0 aliphatic rings. The van der Waals surface area contributed by atoms with E-state index in [-0.39, 0.29) is 0 Å². The van der Waals surface area contributed by atoms with Crippen molar-refractivity contribution in [1.29, 1.82) is 0 Å². The second-order valence-corrected chi connectivity index (χ2v) is 7.15. The summed E-state index contributed by atoms with van der Waals surface area (Å²) in [6.07, 6.45) is 0. The summed E-state index contributed by atoms with van der Waals surface area (Å²) in [5, 5.41) is 5.12. The molecule has 0 N–H and O–H groups in total. The van der Waals surface area contributed by atoms with Crippen LogP contribution in [0.2, 0.25) is 0 Å². The maximum Gasteiger partial charge on any atom is 0.0448 e. The molecule has 0 saturated heterocycles. The Balaban J connectivity index is 2.23. The topological polar surface area (TPSA) is 6.48 Å². The molecule has 26 heavy (non-hydrogen) atoms. The predicted octanol–water partition coefficient (Wildman–Crippen LogP) is 5.79. The maximum absolute atomic E-state index is 2.24. The Labute approximate surface area is 155 Å². The third-order valence-corrected chi connectivity index (χ3v) is 5.03. The lowest BCUT2D eigenvalue weighted by Gasteiger charge is -2.25. The van der Waals surface area contributed by atoms with E-state index < -0.39 is 0 Å². The third kappa shape index (κ3) is 2.59. The standard InChI is InChI=1S/C24H24N2/c1-25(2)21-15-13-17-9-5-7-11-19(17)23(21)24-20-12-8-6-10-18(20)14-16-22(24)26(3)4/h5-16H,1-4H3. The van der Waals surface area contributed by atoms with E-state index in [0.29, 0.717) is 0 Å². The Morgan fingerprint density at radius 3 is 1.23 bits per heavy atom. The van der Waals surface area contributed by atoms with Crippen molar-refractivity contribution in [2.24, 2.45) is 0 Å². The van der Waals surface area contributed by atoms with Gasteiger partial charge < -0.3 is 9.80 Å². The van der Waals surface area contributed by atoms with Crippen LogP contribution in [0.25, 0.3) is 32.7 Å². The lowest BCUT2D eigenvalue weighted by Crippen LogP contribution is -2.13. The molecule has 0 spiro atoms. The fourth-order valence-corrected chi connectivity index (χ4v) is 3.79. The highest BCUT2D eigenvalue weighted by molar-refractivity contribution is 6.13. The summed E-state index contributed by atoms with van der Waals surface area (Å²) in [7, 11) is 8.48. The second-order valence-electron chi connectivity index (χ2n) is 7.15.